The van der Waals surface area contributed by atoms with Gasteiger partial charge in [0.15, 0.2) is 0 Å². The first-order valence-corrected chi connectivity index (χ1v) is 7.87. The minimum atomic E-state index is 0.0545. The van der Waals surface area contributed by atoms with Gasteiger partial charge in [0.1, 0.15) is 0 Å². The second-order valence-corrected chi connectivity index (χ2v) is 6.15. The first-order valence-electron chi connectivity index (χ1n) is 7.87. The fourth-order valence-corrected chi connectivity index (χ4v) is 3.04. The molecule has 2 N–H and O–H groups in total. The van der Waals surface area contributed by atoms with Gasteiger partial charge < -0.3 is 10.6 Å². The molecule has 2 unspecified atom stereocenters. The number of nitrogens with zero attached hydrogens (tertiary/aromatic N) is 1. The molecule has 0 aromatic heterocycles. The van der Waals surface area contributed by atoms with Crippen molar-refractivity contribution in [1.29, 1.82) is 0 Å². The van der Waals surface area contributed by atoms with Crippen LogP contribution in [-0.2, 0) is 11.3 Å². The first kappa shape index (κ1) is 16.0. The van der Waals surface area contributed by atoms with Crippen LogP contribution in [0.2, 0.25) is 0 Å². The molecule has 21 heavy (non-hydrogen) atoms. The zero-order valence-electron chi connectivity index (χ0n) is 13.1. The Morgan fingerprint density at radius 3 is 2.76 bits per heavy atom. The lowest BCUT2D eigenvalue weighted by atomic mass is 9.95. The maximum Gasteiger partial charge on any atom is 0.216 e. The van der Waals surface area contributed by atoms with E-state index in [1.165, 1.54) is 12.0 Å². The van der Waals surface area contributed by atoms with E-state index in [9.17, 15) is 4.79 Å². The molecule has 2 rings (SSSR count). The van der Waals surface area contributed by atoms with E-state index in [4.69, 9.17) is 0 Å². The molecule has 0 aliphatic carbocycles. The SMILES string of the molecule is CC(=O)NCCN1CC(C)CC(NCc2ccccc2)C1. The summed E-state index contributed by atoms with van der Waals surface area (Å²) in [6.07, 6.45) is 1.23. The van der Waals surface area contributed by atoms with E-state index in [-0.39, 0.29) is 5.91 Å². The monoisotopic (exact) mass is 289 g/mol. The van der Waals surface area contributed by atoms with Gasteiger partial charge in [-0.1, -0.05) is 37.3 Å². The summed E-state index contributed by atoms with van der Waals surface area (Å²) in [4.78, 5) is 13.4. The Kier molecular flexibility index (Phi) is 6.21. The molecule has 1 saturated heterocycles. The van der Waals surface area contributed by atoms with Gasteiger partial charge >= 0.3 is 0 Å². The number of amides is 1. The Hall–Kier alpha value is -1.39. The second kappa shape index (κ2) is 8.15. The molecule has 0 radical (unpaired) electrons. The molecule has 1 aliphatic rings. The third kappa shape index (κ3) is 5.86. The van der Waals surface area contributed by atoms with Crippen LogP contribution in [0.4, 0.5) is 0 Å². The predicted octanol–water partition coefficient (Wildman–Crippen LogP) is 1.62. The summed E-state index contributed by atoms with van der Waals surface area (Å²) in [5.74, 6) is 0.753. The van der Waals surface area contributed by atoms with Gasteiger partial charge in [-0.3, -0.25) is 9.69 Å². The van der Waals surface area contributed by atoms with Crippen molar-refractivity contribution in [2.75, 3.05) is 26.2 Å². The van der Waals surface area contributed by atoms with Gasteiger partial charge in [0.05, 0.1) is 0 Å². The van der Waals surface area contributed by atoms with E-state index in [2.05, 4.69) is 52.8 Å². The smallest absolute Gasteiger partial charge is 0.216 e. The fraction of sp³-hybridized carbons (Fsp3) is 0.588. The van der Waals surface area contributed by atoms with E-state index in [0.717, 1.165) is 32.7 Å². The molecule has 116 valence electrons. The van der Waals surface area contributed by atoms with Crippen molar-refractivity contribution in [3.63, 3.8) is 0 Å². The van der Waals surface area contributed by atoms with Crippen molar-refractivity contribution < 1.29 is 4.79 Å². The largest absolute Gasteiger partial charge is 0.355 e. The van der Waals surface area contributed by atoms with Crippen molar-refractivity contribution in [2.24, 2.45) is 5.92 Å². The van der Waals surface area contributed by atoms with Crippen molar-refractivity contribution in [3.05, 3.63) is 35.9 Å². The first-order chi connectivity index (χ1) is 10.1. The Balaban J connectivity index is 1.76. The van der Waals surface area contributed by atoms with Crippen LogP contribution in [0.3, 0.4) is 0 Å². The van der Waals surface area contributed by atoms with Gasteiger partial charge in [-0.15, -0.1) is 0 Å². The molecule has 0 spiro atoms. The van der Waals surface area contributed by atoms with Gasteiger partial charge in [-0.25, -0.2) is 0 Å². The molecular weight excluding hydrogens is 262 g/mol. The number of benzene rings is 1. The molecule has 0 saturated carbocycles. The minimum absolute atomic E-state index is 0.0545. The summed E-state index contributed by atoms with van der Waals surface area (Å²) < 4.78 is 0. The van der Waals surface area contributed by atoms with E-state index >= 15 is 0 Å². The molecule has 1 aliphatic heterocycles. The number of carbonyl (C=O) groups excluding carboxylic acids is 1. The zero-order valence-corrected chi connectivity index (χ0v) is 13.1. The van der Waals surface area contributed by atoms with E-state index in [1.54, 1.807) is 6.92 Å². The lowest BCUT2D eigenvalue weighted by Crippen LogP contribution is -2.50. The molecule has 4 nitrogen and oxygen atoms in total. The minimum Gasteiger partial charge on any atom is -0.355 e. The topological polar surface area (TPSA) is 44.4 Å². The average Bonchev–Trinajstić information content (AvgIpc) is 2.45. The van der Waals surface area contributed by atoms with E-state index in [0.29, 0.717) is 12.0 Å². The lowest BCUT2D eigenvalue weighted by Gasteiger charge is -2.37. The highest BCUT2D eigenvalue weighted by molar-refractivity contribution is 5.72. The number of piperidine rings is 1. The van der Waals surface area contributed by atoms with Crippen LogP contribution in [0.5, 0.6) is 0 Å². The number of hydrogen-bond acceptors (Lipinski definition) is 3. The number of hydrogen-bond donors (Lipinski definition) is 2. The Morgan fingerprint density at radius 2 is 2.05 bits per heavy atom. The lowest BCUT2D eigenvalue weighted by molar-refractivity contribution is -0.119. The number of nitrogens with one attached hydrogen (secondary N) is 2. The van der Waals surface area contributed by atoms with Crippen molar-refractivity contribution in [2.45, 2.75) is 32.9 Å². The van der Waals surface area contributed by atoms with Crippen LogP contribution >= 0.6 is 0 Å². The Labute approximate surface area is 127 Å². The van der Waals surface area contributed by atoms with Gasteiger partial charge in [0, 0.05) is 45.7 Å². The van der Waals surface area contributed by atoms with Crippen LogP contribution < -0.4 is 10.6 Å². The highest BCUT2D eigenvalue weighted by atomic mass is 16.1. The van der Waals surface area contributed by atoms with Crippen LogP contribution in [-0.4, -0.2) is 43.0 Å². The van der Waals surface area contributed by atoms with Crippen molar-refractivity contribution >= 4 is 5.91 Å². The Morgan fingerprint density at radius 1 is 1.29 bits per heavy atom. The van der Waals surface area contributed by atoms with Gasteiger partial charge in [-0.05, 0) is 17.9 Å². The number of likely N-dealkylation sites (tertiary alicyclic amines) is 1. The highest BCUT2D eigenvalue weighted by Crippen LogP contribution is 2.16. The summed E-state index contributed by atoms with van der Waals surface area (Å²) in [5.41, 5.74) is 1.33. The maximum absolute atomic E-state index is 10.9. The van der Waals surface area contributed by atoms with Crippen molar-refractivity contribution in [1.82, 2.24) is 15.5 Å². The Bertz CT molecular complexity index is 435. The molecule has 1 aromatic carbocycles. The normalized spacial score (nSPS) is 23.0. The van der Waals surface area contributed by atoms with Crippen LogP contribution in [0, 0.1) is 5.92 Å². The number of rotatable bonds is 6. The summed E-state index contributed by atoms with van der Waals surface area (Å²) in [5, 5.41) is 6.55. The summed E-state index contributed by atoms with van der Waals surface area (Å²) in [6.45, 7) is 8.68. The standard InChI is InChI=1S/C17H27N3O/c1-14-10-17(19-11-16-6-4-3-5-7-16)13-20(12-14)9-8-18-15(2)21/h3-7,14,17,19H,8-13H2,1-2H3,(H,18,21). The number of carbonyl (C=O) groups is 1. The molecular formula is C17H27N3O. The quantitative estimate of drug-likeness (QED) is 0.836. The molecule has 2 atom stereocenters. The van der Waals surface area contributed by atoms with Gasteiger partial charge in [-0.2, -0.15) is 0 Å². The van der Waals surface area contributed by atoms with Gasteiger partial charge in [0.2, 0.25) is 5.91 Å². The third-order valence-electron chi connectivity index (χ3n) is 3.98. The van der Waals surface area contributed by atoms with Crippen LogP contribution in [0.15, 0.2) is 30.3 Å². The molecule has 1 aromatic rings. The molecule has 0 bridgehead atoms. The second-order valence-electron chi connectivity index (χ2n) is 6.15. The summed E-state index contributed by atoms with van der Waals surface area (Å²) in [6, 6.07) is 11.1. The van der Waals surface area contributed by atoms with Crippen molar-refractivity contribution in [3.8, 4) is 0 Å². The average molecular weight is 289 g/mol. The highest BCUT2D eigenvalue weighted by Gasteiger charge is 2.23. The molecule has 1 heterocycles. The molecule has 1 fully saturated rings. The van der Waals surface area contributed by atoms with E-state index in [1.807, 2.05) is 0 Å². The van der Waals surface area contributed by atoms with Gasteiger partial charge in [0.25, 0.3) is 0 Å². The maximum atomic E-state index is 10.9. The van der Waals surface area contributed by atoms with E-state index < -0.39 is 0 Å². The zero-order chi connectivity index (χ0) is 15.1. The van der Waals surface area contributed by atoms with Crippen LogP contribution in [0.25, 0.3) is 0 Å². The summed E-state index contributed by atoms with van der Waals surface area (Å²) in [7, 11) is 0. The molecule has 1 amide bonds. The van der Waals surface area contributed by atoms with Crippen LogP contribution in [0.1, 0.15) is 25.8 Å². The third-order valence-corrected chi connectivity index (χ3v) is 3.98. The predicted molar refractivity (Wildman–Crippen MR) is 86.0 cm³/mol. The fourth-order valence-electron chi connectivity index (χ4n) is 3.04. The molecule has 4 heteroatoms. The summed E-state index contributed by atoms with van der Waals surface area (Å²) >= 11 is 0.